The van der Waals surface area contributed by atoms with Gasteiger partial charge in [-0.05, 0) is 60.9 Å². The fraction of sp³-hybridized carbons (Fsp3) is 0.235. The summed E-state index contributed by atoms with van der Waals surface area (Å²) in [7, 11) is -4.17. The number of para-hydroxylation sites is 1. The molecule has 0 saturated heterocycles. The zero-order chi connectivity index (χ0) is 30.8. The highest BCUT2D eigenvalue weighted by atomic mass is 35.5. The summed E-state index contributed by atoms with van der Waals surface area (Å²) in [5.41, 5.74) is 2.03. The lowest BCUT2D eigenvalue weighted by atomic mass is 10.0. The van der Waals surface area contributed by atoms with Crippen molar-refractivity contribution in [2.45, 2.75) is 50.2 Å². The highest BCUT2D eigenvalue weighted by molar-refractivity contribution is 7.92. The first-order chi connectivity index (χ1) is 20.7. The number of hydrogen-bond donors (Lipinski definition) is 1. The van der Waals surface area contributed by atoms with Crippen molar-refractivity contribution >= 4 is 39.1 Å². The van der Waals surface area contributed by atoms with Crippen LogP contribution >= 0.6 is 11.6 Å². The fourth-order valence-corrected chi connectivity index (χ4v) is 6.17. The SMILES string of the molecule is CC[C@@H](C)NC(=O)[C@H](Cc1ccccc1)N(Cc1ccccc1)C(=O)CN(c1ccccc1)S(=O)(=O)c1ccc(Cl)cc1. The van der Waals surface area contributed by atoms with Crippen molar-refractivity contribution in [2.75, 3.05) is 10.8 Å². The molecule has 0 unspecified atom stereocenters. The smallest absolute Gasteiger partial charge is 0.264 e. The summed E-state index contributed by atoms with van der Waals surface area (Å²) in [5, 5.41) is 3.44. The first kappa shape index (κ1) is 31.8. The van der Waals surface area contributed by atoms with Gasteiger partial charge in [-0.1, -0.05) is 97.4 Å². The highest BCUT2D eigenvalue weighted by Gasteiger charge is 2.34. The summed E-state index contributed by atoms with van der Waals surface area (Å²) in [6.07, 6.45) is 0.981. The normalized spacial score (nSPS) is 12.6. The van der Waals surface area contributed by atoms with Gasteiger partial charge >= 0.3 is 0 Å². The lowest BCUT2D eigenvalue weighted by Crippen LogP contribution is -2.54. The van der Waals surface area contributed by atoms with E-state index in [1.54, 1.807) is 30.3 Å². The Morgan fingerprint density at radius 3 is 1.88 bits per heavy atom. The number of rotatable bonds is 13. The average molecular weight is 618 g/mol. The molecule has 2 atom stereocenters. The minimum Gasteiger partial charge on any atom is -0.352 e. The Kier molecular flexibility index (Phi) is 11.0. The molecule has 4 rings (SSSR count). The predicted molar refractivity (Wildman–Crippen MR) is 171 cm³/mol. The standard InChI is InChI=1S/C34H36ClN3O4S/c1-3-26(2)36-34(40)32(23-27-13-7-4-8-14-27)37(24-28-15-9-5-10-16-28)33(39)25-38(30-17-11-6-12-18-30)43(41,42)31-21-19-29(35)20-22-31/h4-22,26,32H,3,23-25H2,1-2H3,(H,36,40)/t26-,32+/m1/s1. The molecular weight excluding hydrogens is 582 g/mol. The van der Waals surface area contributed by atoms with Crippen molar-refractivity contribution in [2.24, 2.45) is 0 Å². The third-order valence-corrected chi connectivity index (χ3v) is 9.23. The van der Waals surface area contributed by atoms with Gasteiger partial charge in [0, 0.05) is 24.0 Å². The van der Waals surface area contributed by atoms with Crippen LogP contribution in [-0.2, 0) is 32.6 Å². The van der Waals surface area contributed by atoms with E-state index in [4.69, 9.17) is 11.6 Å². The van der Waals surface area contributed by atoms with Gasteiger partial charge in [0.05, 0.1) is 10.6 Å². The molecule has 4 aromatic carbocycles. The molecule has 0 aliphatic heterocycles. The number of carbonyl (C=O) groups is 2. The third-order valence-electron chi connectivity index (χ3n) is 7.19. The molecule has 0 radical (unpaired) electrons. The summed E-state index contributed by atoms with van der Waals surface area (Å²) in [6, 6.07) is 32.2. The number of sulfonamides is 1. The highest BCUT2D eigenvalue weighted by Crippen LogP contribution is 2.26. The molecule has 0 heterocycles. The number of amides is 2. The van der Waals surface area contributed by atoms with E-state index < -0.39 is 28.5 Å². The van der Waals surface area contributed by atoms with Crippen LogP contribution in [0.5, 0.6) is 0 Å². The maximum atomic E-state index is 14.4. The first-order valence-electron chi connectivity index (χ1n) is 14.2. The molecule has 7 nitrogen and oxygen atoms in total. The number of anilines is 1. The van der Waals surface area contributed by atoms with Crippen LogP contribution in [0.4, 0.5) is 5.69 Å². The molecule has 0 spiro atoms. The Labute approximate surface area is 259 Å². The van der Waals surface area contributed by atoms with Gasteiger partial charge in [0.25, 0.3) is 10.0 Å². The van der Waals surface area contributed by atoms with Crippen LogP contribution in [0.15, 0.2) is 120 Å². The molecule has 0 aliphatic carbocycles. The number of carbonyl (C=O) groups excluding carboxylic acids is 2. The van der Waals surface area contributed by atoms with Crippen molar-refractivity contribution in [3.8, 4) is 0 Å². The Hall–Kier alpha value is -4.14. The summed E-state index contributed by atoms with van der Waals surface area (Å²) in [5.74, 6) is -0.806. The van der Waals surface area contributed by atoms with E-state index in [-0.39, 0.29) is 29.8 Å². The van der Waals surface area contributed by atoms with Crippen LogP contribution < -0.4 is 9.62 Å². The van der Waals surface area contributed by atoms with Gasteiger partial charge < -0.3 is 10.2 Å². The van der Waals surface area contributed by atoms with Crippen LogP contribution in [0.2, 0.25) is 5.02 Å². The first-order valence-corrected chi connectivity index (χ1v) is 16.0. The molecule has 4 aromatic rings. The third kappa shape index (κ3) is 8.46. The lowest BCUT2D eigenvalue weighted by molar-refractivity contribution is -0.140. The zero-order valence-corrected chi connectivity index (χ0v) is 25.8. The monoisotopic (exact) mass is 617 g/mol. The van der Waals surface area contributed by atoms with Crippen LogP contribution in [0.3, 0.4) is 0 Å². The van der Waals surface area contributed by atoms with Crippen LogP contribution in [0.25, 0.3) is 0 Å². The Morgan fingerprint density at radius 1 is 0.791 bits per heavy atom. The number of hydrogen-bond acceptors (Lipinski definition) is 4. The number of nitrogens with one attached hydrogen (secondary N) is 1. The van der Waals surface area contributed by atoms with Gasteiger partial charge in [-0.2, -0.15) is 0 Å². The molecule has 224 valence electrons. The Bertz CT molecular complexity index is 1590. The van der Waals surface area contributed by atoms with Crippen molar-refractivity contribution in [1.29, 1.82) is 0 Å². The lowest BCUT2D eigenvalue weighted by Gasteiger charge is -2.34. The predicted octanol–water partition coefficient (Wildman–Crippen LogP) is 6.09. The quantitative estimate of drug-likeness (QED) is 0.197. The van der Waals surface area contributed by atoms with E-state index in [1.165, 1.54) is 29.2 Å². The molecule has 0 aromatic heterocycles. The largest absolute Gasteiger partial charge is 0.352 e. The minimum absolute atomic E-state index is 0.00138. The van der Waals surface area contributed by atoms with Gasteiger partial charge in [-0.25, -0.2) is 8.42 Å². The van der Waals surface area contributed by atoms with E-state index in [9.17, 15) is 18.0 Å². The van der Waals surface area contributed by atoms with E-state index in [1.807, 2.05) is 74.5 Å². The second-order valence-corrected chi connectivity index (χ2v) is 12.6. The van der Waals surface area contributed by atoms with Crippen LogP contribution in [-0.4, -0.2) is 43.8 Å². The second-order valence-electron chi connectivity index (χ2n) is 10.3. The van der Waals surface area contributed by atoms with Crippen molar-refractivity contribution < 1.29 is 18.0 Å². The second kappa shape index (κ2) is 14.8. The molecule has 0 saturated carbocycles. The fourth-order valence-electron chi connectivity index (χ4n) is 4.63. The molecule has 2 amide bonds. The zero-order valence-electron chi connectivity index (χ0n) is 24.3. The Morgan fingerprint density at radius 2 is 1.33 bits per heavy atom. The summed E-state index contributed by atoms with van der Waals surface area (Å²) in [6.45, 7) is 3.50. The maximum absolute atomic E-state index is 14.4. The minimum atomic E-state index is -4.17. The van der Waals surface area contributed by atoms with Crippen molar-refractivity contribution in [3.63, 3.8) is 0 Å². The molecular formula is C34H36ClN3O4S. The maximum Gasteiger partial charge on any atom is 0.264 e. The molecule has 0 fully saturated rings. The van der Waals surface area contributed by atoms with Crippen LogP contribution in [0, 0.1) is 0 Å². The molecule has 9 heteroatoms. The number of halogens is 1. The summed E-state index contributed by atoms with van der Waals surface area (Å²) in [4.78, 5) is 29.7. The van der Waals surface area contributed by atoms with E-state index in [2.05, 4.69) is 5.32 Å². The van der Waals surface area contributed by atoms with Gasteiger partial charge in [0.15, 0.2) is 0 Å². The van der Waals surface area contributed by atoms with E-state index >= 15 is 0 Å². The topological polar surface area (TPSA) is 86.8 Å². The Balaban J connectivity index is 1.77. The van der Waals surface area contributed by atoms with E-state index in [0.717, 1.165) is 21.9 Å². The van der Waals surface area contributed by atoms with E-state index in [0.29, 0.717) is 10.7 Å². The molecule has 0 aliphatic rings. The van der Waals surface area contributed by atoms with Crippen molar-refractivity contribution in [1.82, 2.24) is 10.2 Å². The van der Waals surface area contributed by atoms with Gasteiger partial charge in [-0.3, -0.25) is 13.9 Å². The average Bonchev–Trinajstić information content (AvgIpc) is 3.02. The van der Waals surface area contributed by atoms with Crippen LogP contribution in [0.1, 0.15) is 31.4 Å². The van der Waals surface area contributed by atoms with Crippen molar-refractivity contribution in [3.05, 3.63) is 131 Å². The number of nitrogens with zero attached hydrogens (tertiary/aromatic N) is 2. The molecule has 0 bridgehead atoms. The summed E-state index contributed by atoms with van der Waals surface area (Å²) < 4.78 is 29.0. The molecule has 43 heavy (non-hydrogen) atoms. The number of benzene rings is 4. The summed E-state index contributed by atoms with van der Waals surface area (Å²) >= 11 is 6.03. The molecule has 1 N–H and O–H groups in total. The van der Waals surface area contributed by atoms with Gasteiger partial charge in [0.2, 0.25) is 11.8 Å². The van der Waals surface area contributed by atoms with Gasteiger partial charge in [0.1, 0.15) is 12.6 Å². The van der Waals surface area contributed by atoms with Gasteiger partial charge in [-0.15, -0.1) is 0 Å².